The Labute approximate surface area is 83.2 Å². The van der Waals surface area contributed by atoms with Crippen LogP contribution in [0.1, 0.15) is 0 Å². The van der Waals surface area contributed by atoms with E-state index in [9.17, 15) is 4.79 Å². The van der Waals surface area contributed by atoms with Crippen LogP contribution in [0, 0.1) is 0 Å². The number of alkyl halides is 1. The van der Waals surface area contributed by atoms with E-state index in [4.69, 9.17) is 11.6 Å². The summed E-state index contributed by atoms with van der Waals surface area (Å²) in [5.41, 5.74) is 0. The topological polar surface area (TPSA) is 35.9 Å². The first-order valence-electron chi connectivity index (χ1n) is 4.19. The molecule has 4 nitrogen and oxygen atoms in total. The van der Waals surface area contributed by atoms with Gasteiger partial charge in [-0.15, -0.1) is 11.6 Å². The summed E-state index contributed by atoms with van der Waals surface area (Å²) in [6.45, 7) is 1.95. The molecule has 0 aromatic carbocycles. The summed E-state index contributed by atoms with van der Waals surface area (Å²) >= 11 is 5.67. The zero-order chi connectivity index (χ0) is 9.84. The molecule has 1 heterocycles. The van der Waals surface area contributed by atoms with E-state index in [-0.39, 0.29) is 5.91 Å². The standard InChI is InChI=1S/C8H14ClN3O/c1-11(2)8(13)6-12-4-3-10-7(12)5-9/h3-6H2,1-2H3. The number of amides is 1. The third-order valence-corrected chi connectivity index (χ3v) is 2.21. The Balaban J connectivity index is 2.46. The van der Waals surface area contributed by atoms with Crippen LogP contribution in [0.25, 0.3) is 0 Å². The van der Waals surface area contributed by atoms with Crippen LogP contribution in [0.15, 0.2) is 4.99 Å². The molecule has 0 spiro atoms. The molecule has 0 unspecified atom stereocenters. The van der Waals surface area contributed by atoms with Crippen LogP contribution in [0.3, 0.4) is 0 Å². The number of halogens is 1. The van der Waals surface area contributed by atoms with E-state index >= 15 is 0 Å². The van der Waals surface area contributed by atoms with Gasteiger partial charge in [0.25, 0.3) is 0 Å². The smallest absolute Gasteiger partial charge is 0.241 e. The van der Waals surface area contributed by atoms with Crippen molar-refractivity contribution >= 4 is 23.3 Å². The molecule has 13 heavy (non-hydrogen) atoms. The minimum Gasteiger partial charge on any atom is -0.348 e. The Kier molecular flexibility index (Phi) is 3.54. The zero-order valence-electron chi connectivity index (χ0n) is 7.96. The summed E-state index contributed by atoms with van der Waals surface area (Å²) in [6.07, 6.45) is 0. The number of likely N-dealkylation sites (N-methyl/N-ethyl adjacent to an activating group) is 1. The van der Waals surface area contributed by atoms with Gasteiger partial charge in [-0.3, -0.25) is 9.79 Å². The number of amidine groups is 1. The lowest BCUT2D eigenvalue weighted by Gasteiger charge is -2.20. The molecule has 0 aromatic heterocycles. The number of aliphatic imine (C=N–C) groups is 1. The molecule has 1 rings (SSSR count). The van der Waals surface area contributed by atoms with Crippen molar-refractivity contribution in [2.75, 3.05) is 39.6 Å². The fourth-order valence-electron chi connectivity index (χ4n) is 1.13. The Hall–Kier alpha value is -0.770. The Morgan fingerprint density at radius 1 is 1.69 bits per heavy atom. The van der Waals surface area contributed by atoms with Gasteiger partial charge in [-0.1, -0.05) is 0 Å². The maximum Gasteiger partial charge on any atom is 0.241 e. The van der Waals surface area contributed by atoms with Crippen LogP contribution in [0.4, 0.5) is 0 Å². The molecule has 74 valence electrons. The predicted molar refractivity (Wildman–Crippen MR) is 53.3 cm³/mol. The molecule has 0 radical (unpaired) electrons. The summed E-state index contributed by atoms with van der Waals surface area (Å²) in [7, 11) is 3.49. The molecule has 0 N–H and O–H groups in total. The van der Waals surface area contributed by atoms with Crippen LogP contribution in [-0.2, 0) is 4.79 Å². The quantitative estimate of drug-likeness (QED) is 0.607. The van der Waals surface area contributed by atoms with Crippen molar-refractivity contribution < 1.29 is 4.79 Å². The van der Waals surface area contributed by atoms with Gasteiger partial charge in [-0.25, -0.2) is 0 Å². The lowest BCUT2D eigenvalue weighted by molar-refractivity contribution is -0.128. The van der Waals surface area contributed by atoms with Gasteiger partial charge in [0.05, 0.1) is 19.0 Å². The monoisotopic (exact) mass is 203 g/mol. The van der Waals surface area contributed by atoms with Crippen molar-refractivity contribution in [2.24, 2.45) is 4.99 Å². The van der Waals surface area contributed by atoms with Crippen molar-refractivity contribution in [3.8, 4) is 0 Å². The summed E-state index contributed by atoms with van der Waals surface area (Å²) in [6, 6.07) is 0. The molecule has 0 fully saturated rings. The highest BCUT2D eigenvalue weighted by atomic mass is 35.5. The molecule has 0 saturated carbocycles. The van der Waals surface area contributed by atoms with Crippen LogP contribution >= 0.6 is 11.6 Å². The van der Waals surface area contributed by atoms with Crippen LogP contribution in [0.2, 0.25) is 0 Å². The molecule has 1 amide bonds. The van der Waals surface area contributed by atoms with E-state index in [2.05, 4.69) is 4.99 Å². The Morgan fingerprint density at radius 3 is 2.92 bits per heavy atom. The maximum atomic E-state index is 11.3. The van der Waals surface area contributed by atoms with Crippen LogP contribution < -0.4 is 0 Å². The third-order valence-electron chi connectivity index (χ3n) is 1.97. The van der Waals surface area contributed by atoms with Gasteiger partial charge in [0.1, 0.15) is 5.84 Å². The van der Waals surface area contributed by atoms with E-state index in [0.717, 1.165) is 18.9 Å². The van der Waals surface area contributed by atoms with E-state index < -0.39 is 0 Å². The minimum atomic E-state index is 0.0831. The first-order valence-corrected chi connectivity index (χ1v) is 4.73. The number of hydrogen-bond donors (Lipinski definition) is 0. The second-order valence-corrected chi connectivity index (χ2v) is 3.41. The van der Waals surface area contributed by atoms with Crippen molar-refractivity contribution in [3.05, 3.63) is 0 Å². The van der Waals surface area contributed by atoms with Gasteiger partial charge in [-0.05, 0) is 0 Å². The molecule has 5 heteroatoms. The fourth-order valence-corrected chi connectivity index (χ4v) is 1.38. The summed E-state index contributed by atoms with van der Waals surface area (Å²) in [4.78, 5) is 19.0. The number of carbonyl (C=O) groups is 1. The molecule has 0 bridgehead atoms. The van der Waals surface area contributed by atoms with Gasteiger partial charge in [-0.2, -0.15) is 0 Å². The van der Waals surface area contributed by atoms with Crippen LogP contribution in [-0.4, -0.2) is 61.2 Å². The van der Waals surface area contributed by atoms with E-state index in [0.29, 0.717) is 12.4 Å². The summed E-state index contributed by atoms with van der Waals surface area (Å²) in [5.74, 6) is 1.30. The number of carbonyl (C=O) groups excluding carboxylic acids is 1. The van der Waals surface area contributed by atoms with Gasteiger partial charge >= 0.3 is 0 Å². The average Bonchev–Trinajstić information content (AvgIpc) is 2.51. The van der Waals surface area contributed by atoms with Crippen molar-refractivity contribution in [2.45, 2.75) is 0 Å². The average molecular weight is 204 g/mol. The van der Waals surface area contributed by atoms with Gasteiger partial charge in [0, 0.05) is 20.6 Å². The molecule has 0 aliphatic carbocycles. The lowest BCUT2D eigenvalue weighted by atomic mass is 10.4. The molecular weight excluding hydrogens is 190 g/mol. The van der Waals surface area contributed by atoms with Gasteiger partial charge in [0.15, 0.2) is 0 Å². The van der Waals surface area contributed by atoms with Crippen molar-refractivity contribution in [1.29, 1.82) is 0 Å². The molecule has 1 aliphatic rings. The Morgan fingerprint density at radius 2 is 2.38 bits per heavy atom. The second kappa shape index (κ2) is 4.46. The maximum absolute atomic E-state index is 11.3. The van der Waals surface area contributed by atoms with Gasteiger partial charge in [0.2, 0.25) is 5.91 Å². The van der Waals surface area contributed by atoms with E-state index in [1.165, 1.54) is 0 Å². The zero-order valence-corrected chi connectivity index (χ0v) is 8.71. The predicted octanol–water partition coefficient (Wildman–Crippen LogP) is 0.0275. The molecule has 1 aliphatic heterocycles. The van der Waals surface area contributed by atoms with Crippen LogP contribution in [0.5, 0.6) is 0 Å². The molecule has 0 aromatic rings. The number of hydrogen-bond acceptors (Lipinski definition) is 3. The third kappa shape index (κ3) is 2.59. The van der Waals surface area contributed by atoms with Crippen molar-refractivity contribution in [1.82, 2.24) is 9.80 Å². The second-order valence-electron chi connectivity index (χ2n) is 3.14. The molecule has 0 atom stereocenters. The normalized spacial score (nSPS) is 15.9. The molecular formula is C8H14ClN3O. The highest BCUT2D eigenvalue weighted by Gasteiger charge is 2.18. The van der Waals surface area contributed by atoms with Crippen molar-refractivity contribution in [3.63, 3.8) is 0 Å². The lowest BCUT2D eigenvalue weighted by Crippen LogP contribution is -2.39. The first-order chi connectivity index (χ1) is 6.15. The summed E-state index contributed by atoms with van der Waals surface area (Å²) < 4.78 is 0. The van der Waals surface area contributed by atoms with Gasteiger partial charge < -0.3 is 9.80 Å². The summed E-state index contributed by atoms with van der Waals surface area (Å²) in [5, 5.41) is 0. The minimum absolute atomic E-state index is 0.0831. The first kappa shape index (κ1) is 10.3. The highest BCUT2D eigenvalue weighted by molar-refractivity contribution is 6.28. The van der Waals surface area contributed by atoms with E-state index in [1.807, 2.05) is 4.90 Å². The number of nitrogens with zero attached hydrogens (tertiary/aromatic N) is 3. The van der Waals surface area contributed by atoms with E-state index in [1.54, 1.807) is 19.0 Å². The molecule has 0 saturated heterocycles. The largest absolute Gasteiger partial charge is 0.348 e. The fraction of sp³-hybridized carbons (Fsp3) is 0.750. The highest BCUT2D eigenvalue weighted by Crippen LogP contribution is 2.03. The SMILES string of the molecule is CN(C)C(=O)CN1CCN=C1CCl. The number of rotatable bonds is 3. The Bertz CT molecular complexity index is 227.